The predicted molar refractivity (Wildman–Crippen MR) is 72.1 cm³/mol. The number of halogens is 1. The second-order valence-electron chi connectivity index (χ2n) is 4.57. The number of hydrogen-bond acceptors (Lipinski definition) is 1. The van der Waals surface area contributed by atoms with E-state index in [1.54, 1.807) is 0 Å². The van der Waals surface area contributed by atoms with E-state index in [4.69, 9.17) is 17.3 Å². The van der Waals surface area contributed by atoms with Gasteiger partial charge in [0.1, 0.15) is 0 Å². The molecule has 0 saturated carbocycles. The molecular weight excluding hydrogens is 230 g/mol. The van der Waals surface area contributed by atoms with Crippen molar-refractivity contribution in [3.8, 4) is 11.1 Å². The van der Waals surface area contributed by atoms with Crippen LogP contribution in [-0.2, 0) is 6.42 Å². The van der Waals surface area contributed by atoms with Crippen LogP contribution in [0.15, 0.2) is 42.5 Å². The van der Waals surface area contributed by atoms with E-state index in [0.29, 0.717) is 0 Å². The summed E-state index contributed by atoms with van der Waals surface area (Å²) < 4.78 is 0. The highest BCUT2D eigenvalue weighted by Gasteiger charge is 2.18. The van der Waals surface area contributed by atoms with Crippen LogP contribution in [0.5, 0.6) is 0 Å². The summed E-state index contributed by atoms with van der Waals surface area (Å²) in [6.45, 7) is 0. The lowest BCUT2D eigenvalue weighted by atomic mass is 10.00. The van der Waals surface area contributed by atoms with E-state index >= 15 is 0 Å². The molecule has 0 radical (unpaired) electrons. The van der Waals surface area contributed by atoms with Gasteiger partial charge in [-0.05, 0) is 47.2 Å². The Morgan fingerprint density at radius 1 is 1.00 bits per heavy atom. The smallest absolute Gasteiger partial charge is 0.0406 e. The standard InChI is InChI=1S/C15H14ClN/c16-13-5-1-10(2-6-13)11-3-7-14-12(9-11)4-8-15(14)17/h1-3,5-7,9,15H,4,8,17H2. The van der Waals surface area contributed by atoms with Crippen LogP contribution in [0.4, 0.5) is 0 Å². The van der Waals surface area contributed by atoms with Gasteiger partial charge in [0, 0.05) is 11.1 Å². The van der Waals surface area contributed by atoms with Crippen molar-refractivity contribution in [3.05, 3.63) is 58.6 Å². The summed E-state index contributed by atoms with van der Waals surface area (Å²) in [5.41, 5.74) is 11.2. The third kappa shape index (κ3) is 1.97. The van der Waals surface area contributed by atoms with Gasteiger partial charge < -0.3 is 5.73 Å². The molecule has 0 heterocycles. The Balaban J connectivity index is 2.02. The maximum atomic E-state index is 6.04. The van der Waals surface area contributed by atoms with Crippen LogP contribution in [0, 0.1) is 0 Å². The van der Waals surface area contributed by atoms with Gasteiger partial charge in [-0.25, -0.2) is 0 Å². The van der Waals surface area contributed by atoms with E-state index in [2.05, 4.69) is 30.3 Å². The quantitative estimate of drug-likeness (QED) is 0.806. The van der Waals surface area contributed by atoms with Crippen molar-refractivity contribution < 1.29 is 0 Å². The average molecular weight is 244 g/mol. The van der Waals surface area contributed by atoms with Gasteiger partial charge >= 0.3 is 0 Å². The second-order valence-corrected chi connectivity index (χ2v) is 5.00. The minimum absolute atomic E-state index is 0.226. The maximum absolute atomic E-state index is 6.04. The second kappa shape index (κ2) is 4.17. The lowest BCUT2D eigenvalue weighted by Crippen LogP contribution is -2.04. The summed E-state index contributed by atoms with van der Waals surface area (Å²) in [7, 11) is 0. The van der Waals surface area contributed by atoms with E-state index in [1.807, 2.05) is 12.1 Å². The molecule has 2 heteroatoms. The molecule has 2 aromatic rings. The van der Waals surface area contributed by atoms with Gasteiger partial charge in [0.25, 0.3) is 0 Å². The predicted octanol–water partition coefficient (Wildman–Crippen LogP) is 3.95. The van der Waals surface area contributed by atoms with Gasteiger partial charge in [0.05, 0.1) is 0 Å². The molecule has 0 spiro atoms. The third-order valence-corrected chi connectivity index (χ3v) is 3.70. The van der Waals surface area contributed by atoms with Crippen LogP contribution < -0.4 is 5.73 Å². The first-order valence-electron chi connectivity index (χ1n) is 5.88. The van der Waals surface area contributed by atoms with E-state index < -0.39 is 0 Å². The minimum Gasteiger partial charge on any atom is -0.324 e. The molecular formula is C15H14ClN. The van der Waals surface area contributed by atoms with Crippen LogP contribution in [0.1, 0.15) is 23.6 Å². The Kier molecular flexibility index (Phi) is 2.65. The largest absolute Gasteiger partial charge is 0.324 e. The molecule has 0 aliphatic heterocycles. The van der Waals surface area contributed by atoms with Crippen molar-refractivity contribution in [1.82, 2.24) is 0 Å². The Hall–Kier alpha value is -1.31. The fourth-order valence-corrected chi connectivity index (χ4v) is 2.60. The molecule has 0 amide bonds. The average Bonchev–Trinajstić information content (AvgIpc) is 2.72. The van der Waals surface area contributed by atoms with Crippen LogP contribution in [0.2, 0.25) is 5.02 Å². The van der Waals surface area contributed by atoms with Crippen molar-refractivity contribution in [3.63, 3.8) is 0 Å². The van der Waals surface area contributed by atoms with E-state index in [-0.39, 0.29) is 6.04 Å². The van der Waals surface area contributed by atoms with E-state index in [9.17, 15) is 0 Å². The maximum Gasteiger partial charge on any atom is 0.0406 e. The molecule has 1 unspecified atom stereocenters. The molecule has 0 fully saturated rings. The topological polar surface area (TPSA) is 26.0 Å². The summed E-state index contributed by atoms with van der Waals surface area (Å²) in [6, 6.07) is 14.8. The Morgan fingerprint density at radius 3 is 2.47 bits per heavy atom. The van der Waals surface area contributed by atoms with Gasteiger partial charge in [-0.1, -0.05) is 41.9 Å². The number of hydrogen-bond donors (Lipinski definition) is 1. The summed E-state index contributed by atoms with van der Waals surface area (Å²) >= 11 is 5.90. The minimum atomic E-state index is 0.226. The highest BCUT2D eigenvalue weighted by molar-refractivity contribution is 6.30. The number of fused-ring (bicyclic) bond motifs is 1. The van der Waals surface area contributed by atoms with Crippen molar-refractivity contribution >= 4 is 11.6 Å². The fourth-order valence-electron chi connectivity index (χ4n) is 2.47. The highest BCUT2D eigenvalue weighted by atomic mass is 35.5. The first-order valence-corrected chi connectivity index (χ1v) is 6.26. The van der Waals surface area contributed by atoms with Crippen LogP contribution in [0.3, 0.4) is 0 Å². The summed E-state index contributed by atoms with van der Waals surface area (Å²) in [4.78, 5) is 0. The number of rotatable bonds is 1. The Bertz CT molecular complexity index is 545. The Labute approximate surface area is 106 Å². The lowest BCUT2D eigenvalue weighted by Gasteiger charge is -2.07. The van der Waals surface area contributed by atoms with Crippen molar-refractivity contribution in [1.29, 1.82) is 0 Å². The van der Waals surface area contributed by atoms with Crippen LogP contribution in [0.25, 0.3) is 11.1 Å². The van der Waals surface area contributed by atoms with Crippen LogP contribution in [-0.4, -0.2) is 0 Å². The van der Waals surface area contributed by atoms with Gasteiger partial charge in [-0.2, -0.15) is 0 Å². The zero-order valence-electron chi connectivity index (χ0n) is 9.49. The van der Waals surface area contributed by atoms with Crippen molar-refractivity contribution in [2.24, 2.45) is 5.73 Å². The molecule has 0 bridgehead atoms. The third-order valence-electron chi connectivity index (χ3n) is 3.44. The molecule has 17 heavy (non-hydrogen) atoms. The first-order chi connectivity index (χ1) is 8.24. The molecule has 1 aliphatic carbocycles. The zero-order chi connectivity index (χ0) is 11.8. The zero-order valence-corrected chi connectivity index (χ0v) is 10.2. The first kappa shape index (κ1) is 10.8. The van der Waals surface area contributed by atoms with E-state index in [0.717, 1.165) is 17.9 Å². The Morgan fingerprint density at radius 2 is 1.71 bits per heavy atom. The molecule has 2 aromatic carbocycles. The number of benzene rings is 2. The number of aryl methyl sites for hydroxylation is 1. The molecule has 2 N–H and O–H groups in total. The SMILES string of the molecule is NC1CCc2cc(-c3ccc(Cl)cc3)ccc21. The molecule has 1 aliphatic rings. The molecule has 3 rings (SSSR count). The molecule has 1 atom stereocenters. The van der Waals surface area contributed by atoms with Crippen molar-refractivity contribution in [2.45, 2.75) is 18.9 Å². The van der Waals surface area contributed by atoms with Gasteiger partial charge in [0.15, 0.2) is 0 Å². The molecule has 1 nitrogen and oxygen atoms in total. The summed E-state index contributed by atoms with van der Waals surface area (Å²) in [5.74, 6) is 0. The summed E-state index contributed by atoms with van der Waals surface area (Å²) in [5, 5.41) is 0.775. The van der Waals surface area contributed by atoms with Gasteiger partial charge in [0.2, 0.25) is 0 Å². The highest BCUT2D eigenvalue weighted by Crippen LogP contribution is 2.32. The normalized spacial score (nSPS) is 18.1. The fraction of sp³-hybridized carbons (Fsp3) is 0.200. The van der Waals surface area contributed by atoms with Crippen LogP contribution >= 0.6 is 11.6 Å². The molecule has 86 valence electrons. The van der Waals surface area contributed by atoms with Crippen molar-refractivity contribution in [2.75, 3.05) is 0 Å². The number of nitrogens with two attached hydrogens (primary N) is 1. The summed E-state index contributed by atoms with van der Waals surface area (Å²) in [6.07, 6.45) is 2.16. The lowest BCUT2D eigenvalue weighted by molar-refractivity contribution is 0.713. The monoisotopic (exact) mass is 243 g/mol. The molecule has 0 saturated heterocycles. The van der Waals surface area contributed by atoms with E-state index in [1.165, 1.54) is 22.3 Å². The van der Waals surface area contributed by atoms with Gasteiger partial charge in [-0.3, -0.25) is 0 Å². The molecule has 0 aromatic heterocycles. The van der Waals surface area contributed by atoms with Gasteiger partial charge in [-0.15, -0.1) is 0 Å².